The van der Waals surface area contributed by atoms with Gasteiger partial charge in [0, 0.05) is 11.8 Å². The van der Waals surface area contributed by atoms with Crippen LogP contribution >= 0.6 is 0 Å². The number of amides is 2. The van der Waals surface area contributed by atoms with Crippen molar-refractivity contribution in [1.82, 2.24) is 10.0 Å². The van der Waals surface area contributed by atoms with Crippen molar-refractivity contribution in [1.29, 1.82) is 0 Å². The molecule has 0 aromatic carbocycles. The van der Waals surface area contributed by atoms with Gasteiger partial charge in [-0.15, -0.1) is 0 Å². The molecule has 0 atom stereocenters. The minimum atomic E-state index is -1.91. The Morgan fingerprint density at radius 1 is 0.643 bits per heavy atom. The van der Waals surface area contributed by atoms with E-state index in [9.17, 15) is 40.2 Å². The molecule has 28 heavy (non-hydrogen) atoms. The maximum absolute atomic E-state index is 12.5. The molecule has 0 bridgehead atoms. The van der Waals surface area contributed by atoms with Crippen LogP contribution in [0.4, 0.5) is 0 Å². The van der Waals surface area contributed by atoms with Gasteiger partial charge in [0.2, 0.25) is 11.8 Å². The van der Waals surface area contributed by atoms with E-state index >= 15 is 0 Å². The second-order valence-corrected chi connectivity index (χ2v) is 7.19. The molecule has 0 aliphatic heterocycles. The molecule has 0 spiro atoms. The Hall–Kier alpha value is -1.70. The smallest absolute Gasteiger partial charge is 0.247 e. The Labute approximate surface area is 163 Å². The lowest BCUT2D eigenvalue weighted by Gasteiger charge is -2.39. The first-order valence-corrected chi connectivity index (χ1v) is 8.81. The van der Waals surface area contributed by atoms with Gasteiger partial charge in [0.1, 0.15) is 11.1 Å². The number of rotatable bonds is 12. The summed E-state index contributed by atoms with van der Waals surface area (Å²) in [7, 11) is 0. The third-order valence-electron chi connectivity index (χ3n) is 4.29. The second kappa shape index (κ2) is 11.3. The molecule has 0 saturated heterocycles. The van der Waals surface area contributed by atoms with Gasteiger partial charge in [-0.2, -0.15) is 10.0 Å². The highest BCUT2D eigenvalue weighted by Crippen LogP contribution is 2.23. The van der Waals surface area contributed by atoms with Crippen LogP contribution in [0.2, 0.25) is 0 Å². The maximum atomic E-state index is 12.5. The predicted molar refractivity (Wildman–Crippen MR) is 96.2 cm³/mol. The maximum Gasteiger partial charge on any atom is 0.247 e. The molecular formula is C16H32N4O8. The lowest BCUT2D eigenvalue weighted by molar-refractivity contribution is -0.157. The molecule has 164 valence electrons. The van der Waals surface area contributed by atoms with E-state index in [-0.39, 0.29) is 0 Å². The molecule has 0 aromatic heterocycles. The number of carbonyl (C=O) groups excluding carboxylic acids is 2. The molecule has 0 radical (unpaired) electrons. The molecule has 0 unspecified atom stereocenters. The van der Waals surface area contributed by atoms with Crippen LogP contribution in [-0.2, 0) is 9.59 Å². The van der Waals surface area contributed by atoms with E-state index in [1.54, 1.807) is 0 Å². The van der Waals surface area contributed by atoms with Crippen molar-refractivity contribution in [2.45, 2.75) is 38.8 Å². The van der Waals surface area contributed by atoms with Crippen molar-refractivity contribution in [2.24, 2.45) is 22.3 Å². The highest BCUT2D eigenvalue weighted by molar-refractivity contribution is 5.79. The van der Waals surface area contributed by atoms with Crippen molar-refractivity contribution in [3.63, 3.8) is 0 Å². The summed E-state index contributed by atoms with van der Waals surface area (Å²) in [6, 6.07) is 0. The fourth-order valence-electron chi connectivity index (χ4n) is 2.02. The molecule has 0 saturated carbocycles. The fraction of sp³-hybridized carbons (Fsp3) is 0.875. The molecule has 0 fully saturated rings. The fourth-order valence-corrected chi connectivity index (χ4v) is 2.02. The van der Waals surface area contributed by atoms with Crippen molar-refractivity contribution in [3.05, 3.63) is 0 Å². The third kappa shape index (κ3) is 5.43. The van der Waals surface area contributed by atoms with E-state index in [0.717, 1.165) is 0 Å². The molecule has 2 amide bonds. The number of hydrogen-bond acceptors (Lipinski definition) is 10. The molecule has 12 nitrogen and oxygen atoms in total. The van der Waals surface area contributed by atoms with E-state index in [1.807, 2.05) is 0 Å². The van der Waals surface area contributed by atoms with Gasteiger partial charge >= 0.3 is 0 Å². The topological polar surface area (TPSA) is 187 Å². The Morgan fingerprint density at radius 3 is 1.00 bits per heavy atom. The number of carbonyl (C=O) groups is 2. The summed E-state index contributed by atoms with van der Waals surface area (Å²) >= 11 is 0. The normalized spacial score (nSPS) is 12.9. The number of nitrogens with zero attached hydrogens (tertiary/aromatic N) is 4. The van der Waals surface area contributed by atoms with E-state index in [0.29, 0.717) is 10.0 Å². The van der Waals surface area contributed by atoms with Crippen LogP contribution in [0.15, 0.2) is 10.4 Å². The van der Waals surface area contributed by atoms with Gasteiger partial charge in [-0.1, -0.05) is 27.7 Å². The lowest BCUT2D eigenvalue weighted by atomic mass is 10.0. The molecule has 0 rings (SSSR count). The van der Waals surface area contributed by atoms with Gasteiger partial charge in [-0.3, -0.25) is 9.59 Å². The van der Waals surface area contributed by atoms with Gasteiger partial charge in [-0.25, -0.2) is 0 Å². The Balaban J connectivity index is 6.38. The molecule has 0 aromatic rings. The first-order chi connectivity index (χ1) is 13.1. The van der Waals surface area contributed by atoms with Gasteiger partial charge in [0.05, 0.1) is 39.6 Å². The Bertz CT molecular complexity index is 470. The molecule has 0 aliphatic carbocycles. The largest absolute Gasteiger partial charge is 0.394 e. The number of hydrogen-bond donors (Lipinski definition) is 6. The van der Waals surface area contributed by atoms with Crippen LogP contribution in [0.1, 0.15) is 27.7 Å². The van der Waals surface area contributed by atoms with Crippen LogP contribution < -0.4 is 0 Å². The minimum absolute atomic E-state index is 0.565. The van der Waals surface area contributed by atoms with Crippen LogP contribution in [0.25, 0.3) is 0 Å². The van der Waals surface area contributed by atoms with Crippen LogP contribution in [0.5, 0.6) is 0 Å². The van der Waals surface area contributed by atoms with Crippen LogP contribution in [0, 0.1) is 11.8 Å². The SMILES string of the molecule is CC(C)C(=O)N(N=NN(C(=O)C(C)C)C(CO)(CO)CO)C(CO)(CO)CO. The minimum Gasteiger partial charge on any atom is -0.394 e. The van der Waals surface area contributed by atoms with Gasteiger partial charge in [-0.05, 0) is 10.4 Å². The van der Waals surface area contributed by atoms with Crippen molar-refractivity contribution in [3.8, 4) is 0 Å². The standard InChI is InChI=1S/C16H32N4O8/c1-11(2)13(27)19(15(5-21,6-22)7-23)17-18-20(14(28)12(3)4)16(8-24,9-25)10-26/h11-12,21-26H,5-10H2,1-4H3. The molecule has 0 aliphatic rings. The first kappa shape index (κ1) is 26.3. The van der Waals surface area contributed by atoms with Gasteiger partial charge in [0.15, 0.2) is 0 Å². The Morgan fingerprint density at radius 2 is 0.857 bits per heavy atom. The van der Waals surface area contributed by atoms with E-state index in [4.69, 9.17) is 0 Å². The first-order valence-electron chi connectivity index (χ1n) is 8.81. The zero-order valence-electron chi connectivity index (χ0n) is 16.7. The van der Waals surface area contributed by atoms with Crippen molar-refractivity contribution < 1.29 is 40.2 Å². The van der Waals surface area contributed by atoms with Crippen molar-refractivity contribution in [2.75, 3.05) is 39.6 Å². The quantitative estimate of drug-likeness (QED) is 0.153. The summed E-state index contributed by atoms with van der Waals surface area (Å²) in [5.74, 6) is -2.79. The zero-order valence-corrected chi connectivity index (χ0v) is 16.7. The van der Waals surface area contributed by atoms with E-state index in [2.05, 4.69) is 10.4 Å². The second-order valence-electron chi connectivity index (χ2n) is 7.19. The molecule has 6 N–H and O–H groups in total. The lowest BCUT2D eigenvalue weighted by Crippen LogP contribution is -2.60. The average Bonchev–Trinajstić information content (AvgIpc) is 2.70. The highest BCUT2D eigenvalue weighted by atomic mass is 16.3. The van der Waals surface area contributed by atoms with Gasteiger partial charge < -0.3 is 30.6 Å². The summed E-state index contributed by atoms with van der Waals surface area (Å²) in [6.45, 7) is 0.886. The Kier molecular flexibility index (Phi) is 10.6. The summed E-state index contributed by atoms with van der Waals surface area (Å²) in [4.78, 5) is 25.1. The monoisotopic (exact) mass is 408 g/mol. The van der Waals surface area contributed by atoms with E-state index < -0.39 is 74.4 Å². The highest BCUT2D eigenvalue weighted by Gasteiger charge is 2.43. The molecule has 0 heterocycles. The summed E-state index contributed by atoms with van der Waals surface area (Å²) in [5.41, 5.74) is -3.81. The van der Waals surface area contributed by atoms with E-state index in [1.165, 1.54) is 27.7 Å². The molecular weight excluding hydrogens is 376 g/mol. The summed E-state index contributed by atoms with van der Waals surface area (Å²) in [6.07, 6.45) is 0. The average molecular weight is 408 g/mol. The van der Waals surface area contributed by atoms with Gasteiger partial charge in [0.25, 0.3) is 0 Å². The summed E-state index contributed by atoms with van der Waals surface area (Å²) < 4.78 is 0. The number of aliphatic hydroxyl groups is 6. The zero-order chi connectivity index (χ0) is 22.1. The summed E-state index contributed by atoms with van der Waals surface area (Å²) in [5, 5.41) is 66.2. The predicted octanol–water partition coefficient (Wildman–Crippen LogP) is -2.33. The van der Waals surface area contributed by atoms with Crippen LogP contribution in [0.3, 0.4) is 0 Å². The van der Waals surface area contributed by atoms with Crippen LogP contribution in [-0.4, -0.2) is 103 Å². The third-order valence-corrected chi connectivity index (χ3v) is 4.29. The number of aliphatic hydroxyl groups excluding tert-OH is 6. The van der Waals surface area contributed by atoms with Crippen molar-refractivity contribution >= 4 is 11.8 Å². The molecule has 12 heteroatoms.